The van der Waals surface area contributed by atoms with Crippen LogP contribution in [0.25, 0.3) is 0 Å². The summed E-state index contributed by atoms with van der Waals surface area (Å²) < 4.78 is 28.4. The first-order chi connectivity index (χ1) is 9.31. The van der Waals surface area contributed by atoms with Crippen molar-refractivity contribution in [3.05, 3.63) is 34.3 Å². The molecule has 3 N–H and O–H groups in total. The highest BCUT2D eigenvalue weighted by atomic mass is 35.5. The first-order valence-electron chi connectivity index (χ1n) is 5.38. The molecule has 7 nitrogen and oxygen atoms in total. The Kier molecular flexibility index (Phi) is 4.19. The molecule has 20 heavy (non-hydrogen) atoms. The monoisotopic (exact) mass is 335 g/mol. The molecular weight excluding hydrogens is 325 g/mol. The van der Waals surface area contributed by atoms with E-state index in [1.165, 1.54) is 18.5 Å². The van der Waals surface area contributed by atoms with Crippen molar-refractivity contribution in [1.29, 1.82) is 0 Å². The van der Waals surface area contributed by atoms with E-state index in [4.69, 9.17) is 28.9 Å². The lowest BCUT2D eigenvalue weighted by molar-refractivity contribution is 0.578. The van der Waals surface area contributed by atoms with E-state index in [1.807, 2.05) is 0 Å². The SMILES string of the molecule is Cn1cnnc1CNS(=O)(=O)c1c(N)cc(Cl)cc1Cl. The maximum atomic E-state index is 12.2. The van der Waals surface area contributed by atoms with Crippen molar-refractivity contribution in [2.24, 2.45) is 7.05 Å². The van der Waals surface area contributed by atoms with E-state index in [2.05, 4.69) is 14.9 Å². The molecule has 0 radical (unpaired) electrons. The molecule has 0 aliphatic rings. The Morgan fingerprint density at radius 3 is 2.65 bits per heavy atom. The van der Waals surface area contributed by atoms with Crippen LogP contribution in [0.4, 0.5) is 5.69 Å². The summed E-state index contributed by atoms with van der Waals surface area (Å²) in [6, 6.07) is 2.64. The number of rotatable bonds is 4. The molecule has 0 saturated heterocycles. The topological polar surface area (TPSA) is 103 Å². The van der Waals surface area contributed by atoms with Crippen LogP contribution >= 0.6 is 23.2 Å². The van der Waals surface area contributed by atoms with Gasteiger partial charge in [-0.2, -0.15) is 0 Å². The Hall–Kier alpha value is -1.35. The van der Waals surface area contributed by atoms with Crippen LogP contribution in [-0.2, 0) is 23.6 Å². The first-order valence-corrected chi connectivity index (χ1v) is 7.62. The molecule has 0 bridgehead atoms. The van der Waals surface area contributed by atoms with Crippen LogP contribution in [0.3, 0.4) is 0 Å². The van der Waals surface area contributed by atoms with Crippen molar-refractivity contribution in [2.75, 3.05) is 5.73 Å². The number of nitrogens with two attached hydrogens (primary N) is 1. The number of anilines is 1. The normalized spacial score (nSPS) is 11.8. The highest BCUT2D eigenvalue weighted by Gasteiger charge is 2.22. The number of nitrogens with one attached hydrogen (secondary N) is 1. The number of hydrogen-bond acceptors (Lipinski definition) is 5. The standard InChI is InChI=1S/C10H11Cl2N5O2S/c1-17-5-14-16-9(17)4-15-20(18,19)10-7(12)2-6(11)3-8(10)13/h2-3,5,15H,4,13H2,1H3. The molecule has 2 aromatic rings. The average Bonchev–Trinajstić information content (AvgIpc) is 2.70. The van der Waals surface area contributed by atoms with Crippen molar-refractivity contribution in [1.82, 2.24) is 19.5 Å². The smallest absolute Gasteiger partial charge is 0.244 e. The van der Waals surface area contributed by atoms with E-state index in [-0.39, 0.29) is 27.2 Å². The number of halogens is 2. The Bertz CT molecular complexity index is 721. The second kappa shape index (κ2) is 5.57. The fourth-order valence-corrected chi connectivity index (χ4v) is 3.52. The summed E-state index contributed by atoms with van der Waals surface area (Å²) in [5.41, 5.74) is 5.65. The third-order valence-corrected chi connectivity index (χ3v) is 4.68. The largest absolute Gasteiger partial charge is 0.398 e. The number of benzene rings is 1. The van der Waals surface area contributed by atoms with Gasteiger partial charge in [-0.05, 0) is 12.1 Å². The van der Waals surface area contributed by atoms with Crippen molar-refractivity contribution in [3.8, 4) is 0 Å². The van der Waals surface area contributed by atoms with Crippen LogP contribution < -0.4 is 10.5 Å². The number of hydrogen-bond donors (Lipinski definition) is 2. The minimum Gasteiger partial charge on any atom is -0.398 e. The van der Waals surface area contributed by atoms with Crippen LogP contribution in [0.2, 0.25) is 10.0 Å². The summed E-state index contributed by atoms with van der Waals surface area (Å²) >= 11 is 11.6. The maximum absolute atomic E-state index is 12.2. The molecule has 1 aromatic heterocycles. The van der Waals surface area contributed by atoms with Gasteiger partial charge in [0, 0.05) is 12.1 Å². The predicted molar refractivity (Wildman–Crippen MR) is 75.9 cm³/mol. The molecule has 0 aliphatic carbocycles. The molecule has 1 heterocycles. The van der Waals surface area contributed by atoms with Gasteiger partial charge in [-0.3, -0.25) is 0 Å². The fraction of sp³-hybridized carbons (Fsp3) is 0.200. The fourth-order valence-electron chi connectivity index (χ4n) is 1.56. The molecule has 108 valence electrons. The Morgan fingerprint density at radius 1 is 1.40 bits per heavy atom. The van der Waals surface area contributed by atoms with Crippen molar-refractivity contribution in [2.45, 2.75) is 11.4 Å². The molecule has 0 atom stereocenters. The lowest BCUT2D eigenvalue weighted by atomic mass is 10.3. The van der Waals surface area contributed by atoms with Crippen molar-refractivity contribution in [3.63, 3.8) is 0 Å². The number of nitrogens with zero attached hydrogens (tertiary/aromatic N) is 3. The summed E-state index contributed by atoms with van der Waals surface area (Å²) in [5.74, 6) is 0.456. The Morgan fingerprint density at radius 2 is 2.10 bits per heavy atom. The predicted octanol–water partition coefficient (Wildman–Crippen LogP) is 1.18. The zero-order chi connectivity index (χ0) is 14.9. The Balaban J connectivity index is 2.30. The lowest BCUT2D eigenvalue weighted by Gasteiger charge is -2.11. The number of sulfonamides is 1. The molecule has 0 aliphatic heterocycles. The highest BCUT2D eigenvalue weighted by molar-refractivity contribution is 7.89. The van der Waals surface area contributed by atoms with Crippen LogP contribution in [0.5, 0.6) is 0 Å². The minimum absolute atomic E-state index is 0.0204. The molecule has 0 amide bonds. The second-order valence-electron chi connectivity index (χ2n) is 3.99. The summed E-state index contributed by atoms with van der Waals surface area (Å²) in [6.07, 6.45) is 1.47. The molecule has 0 spiro atoms. The lowest BCUT2D eigenvalue weighted by Crippen LogP contribution is -2.26. The quantitative estimate of drug-likeness (QED) is 0.816. The molecular formula is C10H11Cl2N5O2S. The van der Waals surface area contributed by atoms with E-state index in [0.29, 0.717) is 5.82 Å². The number of nitrogen functional groups attached to an aromatic ring is 1. The third kappa shape index (κ3) is 3.04. The van der Waals surface area contributed by atoms with Gasteiger partial charge in [0.15, 0.2) is 0 Å². The van der Waals surface area contributed by atoms with Gasteiger partial charge in [0.25, 0.3) is 0 Å². The highest BCUT2D eigenvalue weighted by Crippen LogP contribution is 2.30. The molecule has 2 rings (SSSR count). The van der Waals surface area contributed by atoms with Crippen LogP contribution in [-0.4, -0.2) is 23.2 Å². The van der Waals surface area contributed by atoms with Gasteiger partial charge < -0.3 is 10.3 Å². The van der Waals surface area contributed by atoms with Crippen LogP contribution in [0, 0.1) is 0 Å². The van der Waals surface area contributed by atoms with E-state index >= 15 is 0 Å². The Labute approximate surface area is 125 Å². The van der Waals surface area contributed by atoms with Crippen LogP contribution in [0.1, 0.15) is 5.82 Å². The molecule has 1 aromatic carbocycles. The van der Waals surface area contributed by atoms with Gasteiger partial charge in [0.05, 0.1) is 17.3 Å². The molecule has 10 heteroatoms. The maximum Gasteiger partial charge on any atom is 0.244 e. The number of aromatic nitrogens is 3. The third-order valence-electron chi connectivity index (χ3n) is 2.53. The number of aryl methyl sites for hydroxylation is 1. The summed E-state index contributed by atoms with van der Waals surface area (Å²) in [6.45, 7) is -0.0305. The van der Waals surface area contributed by atoms with Crippen molar-refractivity contribution >= 4 is 38.9 Å². The van der Waals surface area contributed by atoms with E-state index in [9.17, 15) is 8.42 Å². The van der Waals surface area contributed by atoms with Gasteiger partial charge in [0.2, 0.25) is 10.0 Å². The minimum atomic E-state index is -3.88. The molecule has 0 saturated carbocycles. The second-order valence-corrected chi connectivity index (χ2v) is 6.54. The van der Waals surface area contributed by atoms with Gasteiger partial charge in [-0.15, -0.1) is 10.2 Å². The van der Waals surface area contributed by atoms with Crippen LogP contribution in [0.15, 0.2) is 23.4 Å². The van der Waals surface area contributed by atoms with Gasteiger partial charge in [0.1, 0.15) is 17.0 Å². The van der Waals surface area contributed by atoms with E-state index < -0.39 is 10.0 Å². The first kappa shape index (κ1) is 15.0. The molecule has 0 fully saturated rings. The van der Waals surface area contributed by atoms with Gasteiger partial charge in [-0.1, -0.05) is 23.2 Å². The zero-order valence-corrected chi connectivity index (χ0v) is 12.7. The summed E-state index contributed by atoms with van der Waals surface area (Å²) in [4.78, 5) is -0.203. The van der Waals surface area contributed by atoms with Gasteiger partial charge >= 0.3 is 0 Å². The zero-order valence-electron chi connectivity index (χ0n) is 10.3. The van der Waals surface area contributed by atoms with Crippen molar-refractivity contribution < 1.29 is 8.42 Å². The summed E-state index contributed by atoms with van der Waals surface area (Å²) in [7, 11) is -2.18. The van der Waals surface area contributed by atoms with E-state index in [1.54, 1.807) is 11.6 Å². The summed E-state index contributed by atoms with van der Waals surface area (Å²) in [5, 5.41) is 7.65. The molecule has 0 unspecified atom stereocenters. The van der Waals surface area contributed by atoms with E-state index in [0.717, 1.165) is 0 Å². The van der Waals surface area contributed by atoms with Gasteiger partial charge in [-0.25, -0.2) is 13.1 Å². The average molecular weight is 336 g/mol.